The minimum Gasteiger partial charge on any atom is -0.462 e. The van der Waals surface area contributed by atoms with Gasteiger partial charge in [-0.25, -0.2) is 0 Å². The van der Waals surface area contributed by atoms with Gasteiger partial charge in [-0.3, -0.25) is 0 Å². The van der Waals surface area contributed by atoms with Crippen LogP contribution in [0.3, 0.4) is 0 Å². The van der Waals surface area contributed by atoms with Gasteiger partial charge in [-0.2, -0.15) is 0 Å². The summed E-state index contributed by atoms with van der Waals surface area (Å²) < 4.78 is 0. The summed E-state index contributed by atoms with van der Waals surface area (Å²) in [7, 11) is 0. The van der Waals surface area contributed by atoms with Crippen molar-refractivity contribution in [1.82, 2.24) is 0 Å². The summed E-state index contributed by atoms with van der Waals surface area (Å²) in [6.07, 6.45) is 3.64. The molecule has 0 unspecified atom stereocenters. The SMILES string of the molecule is CC=C(C)C#CO. The van der Waals surface area contributed by atoms with Crippen LogP contribution in [0.25, 0.3) is 0 Å². The second-order valence-corrected chi connectivity index (χ2v) is 1.21. The Morgan fingerprint density at radius 3 is 2.43 bits per heavy atom. The highest BCUT2D eigenvalue weighted by Crippen LogP contribution is 1.84. The van der Waals surface area contributed by atoms with Crippen LogP contribution in [-0.4, -0.2) is 5.11 Å². The summed E-state index contributed by atoms with van der Waals surface area (Å²) in [4.78, 5) is 0. The zero-order chi connectivity index (χ0) is 5.70. The van der Waals surface area contributed by atoms with E-state index in [2.05, 4.69) is 5.92 Å². The van der Waals surface area contributed by atoms with Gasteiger partial charge < -0.3 is 5.11 Å². The highest BCUT2D eigenvalue weighted by molar-refractivity contribution is 5.22. The number of aliphatic hydroxyl groups is 1. The number of rotatable bonds is 0. The van der Waals surface area contributed by atoms with Crippen LogP contribution in [-0.2, 0) is 0 Å². The van der Waals surface area contributed by atoms with E-state index in [0.717, 1.165) is 5.57 Å². The van der Waals surface area contributed by atoms with Crippen molar-refractivity contribution in [3.8, 4) is 12.0 Å². The van der Waals surface area contributed by atoms with E-state index in [1.54, 1.807) is 6.11 Å². The van der Waals surface area contributed by atoms with E-state index < -0.39 is 0 Å². The standard InChI is InChI=1S/C6H8O/c1-3-6(2)4-5-7/h3,7H,1-2H3. The Hall–Kier alpha value is -0.900. The number of hydrogen-bond donors (Lipinski definition) is 1. The van der Waals surface area contributed by atoms with Crippen molar-refractivity contribution >= 4 is 0 Å². The fraction of sp³-hybridized carbons (Fsp3) is 0.333. The van der Waals surface area contributed by atoms with Gasteiger partial charge in [0.15, 0.2) is 0 Å². The summed E-state index contributed by atoms with van der Waals surface area (Å²) in [5, 5.41) is 7.97. The first-order chi connectivity index (χ1) is 3.31. The second-order valence-electron chi connectivity index (χ2n) is 1.21. The van der Waals surface area contributed by atoms with Crippen molar-refractivity contribution in [2.45, 2.75) is 13.8 Å². The molecular formula is C6H8O. The van der Waals surface area contributed by atoms with Gasteiger partial charge in [0, 0.05) is 0 Å². The average Bonchev–Trinajstić information content (AvgIpc) is 1.68. The summed E-state index contributed by atoms with van der Waals surface area (Å²) >= 11 is 0. The molecule has 1 nitrogen and oxygen atoms in total. The zero-order valence-corrected chi connectivity index (χ0v) is 4.52. The van der Waals surface area contributed by atoms with E-state index in [-0.39, 0.29) is 0 Å². The quantitative estimate of drug-likeness (QED) is 0.450. The fourth-order valence-corrected chi connectivity index (χ4v) is 0.160. The molecule has 0 aromatic rings. The van der Waals surface area contributed by atoms with E-state index in [0.29, 0.717) is 0 Å². The predicted molar refractivity (Wildman–Crippen MR) is 29.1 cm³/mol. The Kier molecular flexibility index (Phi) is 2.87. The normalized spacial score (nSPS) is 9.71. The molecule has 1 heteroatoms. The Morgan fingerprint density at radius 2 is 2.29 bits per heavy atom. The number of aliphatic hydroxyl groups excluding tert-OH is 1. The lowest BCUT2D eigenvalue weighted by atomic mass is 10.3. The van der Waals surface area contributed by atoms with E-state index in [1.165, 1.54) is 0 Å². The van der Waals surface area contributed by atoms with Crippen molar-refractivity contribution in [2.75, 3.05) is 0 Å². The van der Waals surface area contributed by atoms with Gasteiger partial charge >= 0.3 is 0 Å². The molecule has 0 rings (SSSR count). The van der Waals surface area contributed by atoms with Crippen LogP contribution in [0.4, 0.5) is 0 Å². The van der Waals surface area contributed by atoms with E-state index in [1.807, 2.05) is 19.9 Å². The van der Waals surface area contributed by atoms with Crippen molar-refractivity contribution in [3.05, 3.63) is 11.6 Å². The summed E-state index contributed by atoms with van der Waals surface area (Å²) in [6.45, 7) is 3.71. The summed E-state index contributed by atoms with van der Waals surface area (Å²) in [5.41, 5.74) is 0.891. The smallest absolute Gasteiger partial charge is 0.112 e. The Morgan fingerprint density at radius 1 is 1.71 bits per heavy atom. The van der Waals surface area contributed by atoms with E-state index in [9.17, 15) is 0 Å². The van der Waals surface area contributed by atoms with Crippen molar-refractivity contribution < 1.29 is 5.11 Å². The van der Waals surface area contributed by atoms with Gasteiger partial charge in [-0.1, -0.05) is 6.08 Å². The molecule has 0 saturated heterocycles. The highest BCUT2D eigenvalue weighted by atomic mass is 16.2. The molecular weight excluding hydrogens is 88.1 g/mol. The third kappa shape index (κ3) is 2.92. The first-order valence-corrected chi connectivity index (χ1v) is 2.09. The molecule has 7 heavy (non-hydrogen) atoms. The van der Waals surface area contributed by atoms with Gasteiger partial charge in [-0.05, 0) is 25.3 Å². The molecule has 0 heterocycles. The highest BCUT2D eigenvalue weighted by Gasteiger charge is 1.70. The molecule has 1 N–H and O–H groups in total. The molecule has 0 aliphatic carbocycles. The first kappa shape index (κ1) is 6.10. The number of allylic oxidation sites excluding steroid dienone is 2. The van der Waals surface area contributed by atoms with Crippen LogP contribution in [0.1, 0.15) is 13.8 Å². The maximum atomic E-state index is 7.97. The van der Waals surface area contributed by atoms with Gasteiger partial charge in [0.2, 0.25) is 0 Å². The molecule has 0 aromatic heterocycles. The molecule has 0 aliphatic rings. The minimum absolute atomic E-state index is 0.891. The lowest BCUT2D eigenvalue weighted by Crippen LogP contribution is -1.62. The van der Waals surface area contributed by atoms with Crippen molar-refractivity contribution in [3.63, 3.8) is 0 Å². The van der Waals surface area contributed by atoms with Gasteiger partial charge in [0.05, 0.1) is 0 Å². The average molecular weight is 96.1 g/mol. The van der Waals surface area contributed by atoms with Gasteiger partial charge in [0.25, 0.3) is 0 Å². The maximum absolute atomic E-state index is 7.97. The van der Waals surface area contributed by atoms with Crippen molar-refractivity contribution in [1.29, 1.82) is 0 Å². The molecule has 0 radical (unpaired) electrons. The maximum Gasteiger partial charge on any atom is 0.112 e. The van der Waals surface area contributed by atoms with Gasteiger partial charge in [-0.15, -0.1) is 0 Å². The lowest BCUT2D eigenvalue weighted by Gasteiger charge is -1.75. The molecule has 0 spiro atoms. The molecule has 0 atom stereocenters. The monoisotopic (exact) mass is 96.1 g/mol. The molecule has 0 aromatic carbocycles. The number of hydrogen-bond acceptors (Lipinski definition) is 1. The predicted octanol–water partition coefficient (Wildman–Crippen LogP) is 1.29. The first-order valence-electron chi connectivity index (χ1n) is 2.09. The third-order valence-electron chi connectivity index (χ3n) is 0.686. The topological polar surface area (TPSA) is 20.2 Å². The van der Waals surface area contributed by atoms with Crippen LogP contribution >= 0.6 is 0 Å². The van der Waals surface area contributed by atoms with E-state index >= 15 is 0 Å². The second kappa shape index (κ2) is 3.30. The summed E-state index contributed by atoms with van der Waals surface area (Å²) in [5.74, 6) is 2.46. The van der Waals surface area contributed by atoms with E-state index in [4.69, 9.17) is 5.11 Å². The van der Waals surface area contributed by atoms with Gasteiger partial charge in [0.1, 0.15) is 6.11 Å². The third-order valence-corrected chi connectivity index (χ3v) is 0.686. The molecule has 0 amide bonds. The van der Waals surface area contributed by atoms with Crippen molar-refractivity contribution in [2.24, 2.45) is 0 Å². The Balaban J connectivity index is 3.75. The van der Waals surface area contributed by atoms with Crippen LogP contribution in [0, 0.1) is 12.0 Å². The minimum atomic E-state index is 0.891. The van der Waals surface area contributed by atoms with Crippen LogP contribution in [0.2, 0.25) is 0 Å². The fourth-order valence-electron chi connectivity index (χ4n) is 0.160. The van der Waals surface area contributed by atoms with Crippen LogP contribution in [0.5, 0.6) is 0 Å². The van der Waals surface area contributed by atoms with Crippen LogP contribution in [0.15, 0.2) is 11.6 Å². The molecule has 38 valence electrons. The molecule has 0 fully saturated rings. The molecule has 0 aliphatic heterocycles. The Bertz CT molecular complexity index is 123. The zero-order valence-electron chi connectivity index (χ0n) is 4.52. The lowest BCUT2D eigenvalue weighted by molar-refractivity contribution is 0.517. The Labute approximate surface area is 43.7 Å². The summed E-state index contributed by atoms with van der Waals surface area (Å²) in [6, 6.07) is 0. The molecule has 0 saturated carbocycles. The molecule has 0 bridgehead atoms. The largest absolute Gasteiger partial charge is 0.462 e. The van der Waals surface area contributed by atoms with Crippen LogP contribution < -0.4 is 0 Å².